The van der Waals surface area contributed by atoms with Crippen molar-refractivity contribution in [2.24, 2.45) is 11.8 Å². The maximum Gasteiger partial charge on any atom is 0.240 e. The van der Waals surface area contributed by atoms with Gasteiger partial charge in [-0.15, -0.1) is 11.3 Å². The van der Waals surface area contributed by atoms with Gasteiger partial charge in [-0.3, -0.25) is 19.3 Å². The maximum atomic E-state index is 12.4. The standard InChI is InChI=1S/C18H19N3O3S/c22-15(19-9-16-20-13-7-3-4-8-14(13)25-16)10-21-17(23)11-5-1-2-6-12(11)18(21)24/h3-4,7-8,11-12H,1-2,5-6,9-10H2,(H,19,22). The fraction of sp³-hybridized carbons (Fsp3) is 0.444. The lowest BCUT2D eigenvalue weighted by atomic mass is 9.81. The number of hydrogen-bond acceptors (Lipinski definition) is 5. The van der Waals surface area contributed by atoms with E-state index in [2.05, 4.69) is 10.3 Å². The van der Waals surface area contributed by atoms with E-state index in [1.807, 2.05) is 24.3 Å². The van der Waals surface area contributed by atoms with Crippen LogP contribution < -0.4 is 5.32 Å². The number of nitrogens with one attached hydrogen (secondary N) is 1. The van der Waals surface area contributed by atoms with E-state index in [9.17, 15) is 14.4 Å². The molecule has 1 saturated carbocycles. The van der Waals surface area contributed by atoms with Crippen LogP contribution in [0.15, 0.2) is 24.3 Å². The number of rotatable bonds is 4. The summed E-state index contributed by atoms with van der Waals surface area (Å²) >= 11 is 1.53. The molecule has 4 rings (SSSR count). The number of thiazole rings is 1. The van der Waals surface area contributed by atoms with Gasteiger partial charge in [0.15, 0.2) is 0 Å². The number of benzene rings is 1. The summed E-state index contributed by atoms with van der Waals surface area (Å²) in [6, 6.07) is 7.80. The van der Waals surface area contributed by atoms with Crippen molar-refractivity contribution in [2.75, 3.05) is 6.54 Å². The van der Waals surface area contributed by atoms with Gasteiger partial charge in [-0.1, -0.05) is 25.0 Å². The van der Waals surface area contributed by atoms with Gasteiger partial charge >= 0.3 is 0 Å². The van der Waals surface area contributed by atoms with Crippen molar-refractivity contribution >= 4 is 39.3 Å². The smallest absolute Gasteiger partial charge is 0.240 e. The predicted octanol–water partition coefficient (Wildman–Crippen LogP) is 2.09. The Morgan fingerprint density at radius 3 is 2.52 bits per heavy atom. The summed E-state index contributed by atoms with van der Waals surface area (Å²) < 4.78 is 1.07. The first-order valence-corrected chi connectivity index (χ1v) is 9.41. The Bertz CT molecular complexity index is 790. The van der Waals surface area contributed by atoms with Crippen molar-refractivity contribution in [1.82, 2.24) is 15.2 Å². The maximum absolute atomic E-state index is 12.4. The molecule has 1 aromatic heterocycles. The van der Waals surface area contributed by atoms with Crippen molar-refractivity contribution in [1.29, 1.82) is 0 Å². The van der Waals surface area contributed by atoms with Crippen LogP contribution in [0.4, 0.5) is 0 Å². The molecule has 2 unspecified atom stereocenters. The third-order valence-corrected chi connectivity index (χ3v) is 6.05. The number of hydrogen-bond donors (Lipinski definition) is 1. The molecule has 1 aliphatic carbocycles. The Labute approximate surface area is 149 Å². The highest BCUT2D eigenvalue weighted by molar-refractivity contribution is 7.18. The van der Waals surface area contributed by atoms with Crippen molar-refractivity contribution < 1.29 is 14.4 Å². The van der Waals surface area contributed by atoms with Crippen LogP contribution in [0.2, 0.25) is 0 Å². The van der Waals surface area contributed by atoms with Gasteiger partial charge in [-0.25, -0.2) is 4.98 Å². The number of fused-ring (bicyclic) bond motifs is 2. The largest absolute Gasteiger partial charge is 0.348 e. The number of carbonyl (C=O) groups excluding carboxylic acids is 3. The molecule has 2 atom stereocenters. The predicted molar refractivity (Wildman–Crippen MR) is 93.6 cm³/mol. The van der Waals surface area contributed by atoms with E-state index in [0.717, 1.165) is 45.8 Å². The fourth-order valence-corrected chi connectivity index (χ4v) is 4.66. The average Bonchev–Trinajstić information content (AvgIpc) is 3.15. The van der Waals surface area contributed by atoms with E-state index in [1.165, 1.54) is 11.3 Å². The Kier molecular flexibility index (Phi) is 4.25. The number of para-hydroxylation sites is 1. The van der Waals surface area contributed by atoms with E-state index < -0.39 is 0 Å². The van der Waals surface area contributed by atoms with E-state index >= 15 is 0 Å². The van der Waals surface area contributed by atoms with E-state index in [-0.39, 0.29) is 36.1 Å². The minimum absolute atomic E-state index is 0.176. The first-order chi connectivity index (χ1) is 12.1. The summed E-state index contributed by atoms with van der Waals surface area (Å²) in [5.41, 5.74) is 0.908. The number of aromatic nitrogens is 1. The number of imide groups is 1. The Morgan fingerprint density at radius 2 is 1.84 bits per heavy atom. The Morgan fingerprint density at radius 1 is 1.16 bits per heavy atom. The minimum Gasteiger partial charge on any atom is -0.348 e. The van der Waals surface area contributed by atoms with Crippen molar-refractivity contribution in [3.63, 3.8) is 0 Å². The third kappa shape index (κ3) is 3.04. The summed E-state index contributed by atoms with van der Waals surface area (Å²) in [4.78, 5) is 42.6. The summed E-state index contributed by atoms with van der Waals surface area (Å²) in [7, 11) is 0. The van der Waals surface area contributed by atoms with Gasteiger partial charge in [0.25, 0.3) is 0 Å². The highest BCUT2D eigenvalue weighted by Gasteiger charge is 2.48. The average molecular weight is 357 g/mol. The molecule has 0 spiro atoms. The van der Waals surface area contributed by atoms with E-state index in [1.54, 1.807) is 0 Å². The first kappa shape index (κ1) is 16.2. The Balaban J connectivity index is 1.37. The molecule has 1 aliphatic heterocycles. The molecule has 1 saturated heterocycles. The molecular formula is C18H19N3O3S. The van der Waals surface area contributed by atoms with Gasteiger partial charge in [0.2, 0.25) is 17.7 Å². The molecular weight excluding hydrogens is 338 g/mol. The summed E-state index contributed by atoms with van der Waals surface area (Å²) in [6.07, 6.45) is 3.49. The number of amides is 3. The summed E-state index contributed by atoms with van der Waals surface area (Å²) in [5, 5.41) is 3.58. The van der Waals surface area contributed by atoms with Crippen LogP contribution in [0.1, 0.15) is 30.7 Å². The van der Waals surface area contributed by atoms with Crippen LogP contribution in [0, 0.1) is 11.8 Å². The zero-order chi connectivity index (χ0) is 17.4. The molecule has 3 amide bonds. The lowest BCUT2D eigenvalue weighted by molar-refractivity contribution is -0.143. The van der Waals surface area contributed by atoms with Crippen LogP contribution in [0.25, 0.3) is 10.2 Å². The molecule has 1 aromatic carbocycles. The lowest BCUT2D eigenvalue weighted by Gasteiger charge is -2.19. The fourth-order valence-electron chi connectivity index (χ4n) is 3.76. The van der Waals surface area contributed by atoms with Crippen LogP contribution in [-0.4, -0.2) is 34.2 Å². The Hall–Kier alpha value is -2.28. The normalized spacial score (nSPS) is 23.1. The van der Waals surface area contributed by atoms with Gasteiger partial charge in [0.1, 0.15) is 11.6 Å². The molecule has 0 radical (unpaired) electrons. The number of carbonyl (C=O) groups is 3. The molecule has 130 valence electrons. The van der Waals surface area contributed by atoms with Gasteiger partial charge in [-0.05, 0) is 25.0 Å². The highest BCUT2D eigenvalue weighted by Crippen LogP contribution is 2.37. The van der Waals surface area contributed by atoms with Gasteiger partial charge < -0.3 is 5.32 Å². The third-order valence-electron chi connectivity index (χ3n) is 5.01. The molecule has 2 aromatic rings. The van der Waals surface area contributed by atoms with Crippen molar-refractivity contribution in [3.8, 4) is 0 Å². The second-order valence-corrected chi connectivity index (χ2v) is 7.73. The van der Waals surface area contributed by atoms with Crippen LogP contribution >= 0.6 is 11.3 Å². The second-order valence-electron chi connectivity index (χ2n) is 6.61. The monoisotopic (exact) mass is 357 g/mol. The van der Waals surface area contributed by atoms with Crippen molar-refractivity contribution in [2.45, 2.75) is 32.2 Å². The zero-order valence-electron chi connectivity index (χ0n) is 13.7. The molecule has 2 aliphatic rings. The number of nitrogens with zero attached hydrogens (tertiary/aromatic N) is 2. The zero-order valence-corrected chi connectivity index (χ0v) is 14.6. The highest BCUT2D eigenvalue weighted by atomic mass is 32.1. The molecule has 1 N–H and O–H groups in total. The molecule has 0 bridgehead atoms. The quantitative estimate of drug-likeness (QED) is 0.850. The van der Waals surface area contributed by atoms with Crippen LogP contribution in [0.3, 0.4) is 0 Å². The van der Waals surface area contributed by atoms with Crippen molar-refractivity contribution in [3.05, 3.63) is 29.3 Å². The van der Waals surface area contributed by atoms with E-state index in [4.69, 9.17) is 0 Å². The van der Waals surface area contributed by atoms with Gasteiger partial charge in [0.05, 0.1) is 28.6 Å². The summed E-state index contributed by atoms with van der Waals surface area (Å²) in [6.45, 7) is 0.122. The molecule has 2 heterocycles. The van der Waals surface area contributed by atoms with Gasteiger partial charge in [-0.2, -0.15) is 0 Å². The number of likely N-dealkylation sites (tertiary alicyclic amines) is 1. The molecule has 7 heteroatoms. The first-order valence-electron chi connectivity index (χ1n) is 8.60. The molecule has 6 nitrogen and oxygen atoms in total. The second kappa shape index (κ2) is 6.55. The lowest BCUT2D eigenvalue weighted by Crippen LogP contribution is -2.40. The SMILES string of the molecule is O=C(CN1C(=O)C2CCCCC2C1=O)NCc1nc2ccccc2s1. The van der Waals surface area contributed by atoms with Crippen LogP contribution in [-0.2, 0) is 20.9 Å². The van der Waals surface area contributed by atoms with E-state index in [0.29, 0.717) is 6.54 Å². The minimum atomic E-state index is -0.320. The topological polar surface area (TPSA) is 79.4 Å². The summed E-state index contributed by atoms with van der Waals surface area (Å²) in [5.74, 6) is -1.09. The molecule has 2 fully saturated rings. The van der Waals surface area contributed by atoms with Gasteiger partial charge in [0, 0.05) is 0 Å². The van der Waals surface area contributed by atoms with Crippen LogP contribution in [0.5, 0.6) is 0 Å². The molecule has 25 heavy (non-hydrogen) atoms.